The minimum Gasteiger partial charge on any atom is -0.458 e. The molecular weight excluding hydrogens is 164 g/mol. The summed E-state index contributed by atoms with van der Waals surface area (Å²) in [5, 5.41) is 0. The lowest BCUT2D eigenvalue weighted by atomic mass is 10.0. The molecule has 0 aromatic rings. The third kappa shape index (κ3) is 1.62. The number of rotatable bonds is 2. The van der Waals surface area contributed by atoms with Crippen molar-refractivity contribution < 1.29 is 9.53 Å². The van der Waals surface area contributed by atoms with E-state index in [0.29, 0.717) is 17.4 Å². The quantitative estimate of drug-likeness (QED) is 0.481. The number of ether oxygens (including phenoxy) is 1. The van der Waals surface area contributed by atoms with Crippen LogP contribution < -0.4 is 0 Å². The van der Waals surface area contributed by atoms with Crippen LogP contribution in [0.15, 0.2) is 12.2 Å². The lowest BCUT2D eigenvalue weighted by molar-refractivity contribution is -0.141. The van der Waals surface area contributed by atoms with Crippen molar-refractivity contribution in [2.45, 2.75) is 38.7 Å². The third-order valence-electron chi connectivity index (χ3n) is 3.17. The maximum atomic E-state index is 11.2. The monoisotopic (exact) mass is 180 g/mol. The van der Waals surface area contributed by atoms with E-state index in [1.54, 1.807) is 6.92 Å². The van der Waals surface area contributed by atoms with Crippen molar-refractivity contribution >= 4 is 5.97 Å². The summed E-state index contributed by atoms with van der Waals surface area (Å²) in [4.78, 5) is 11.2. The number of carbonyl (C=O) groups excluding carboxylic acids is 1. The standard InChI is InChI=1S/C11H16O2/c1-7(2)11(12)13-10-8-5-3-4-6-9(8)10/h8-10H,1,3-6H2,2H3. The van der Waals surface area contributed by atoms with Crippen LogP contribution in [0.2, 0.25) is 0 Å². The van der Waals surface area contributed by atoms with E-state index in [0.717, 1.165) is 0 Å². The summed E-state index contributed by atoms with van der Waals surface area (Å²) in [5.74, 6) is 1.15. The molecule has 0 amide bonds. The molecule has 2 heteroatoms. The Labute approximate surface area is 79.0 Å². The molecule has 2 aliphatic rings. The van der Waals surface area contributed by atoms with Gasteiger partial charge >= 0.3 is 5.97 Å². The summed E-state index contributed by atoms with van der Waals surface area (Å²) < 4.78 is 5.33. The van der Waals surface area contributed by atoms with Crippen LogP contribution in [0.3, 0.4) is 0 Å². The summed E-state index contributed by atoms with van der Waals surface area (Å²) in [6, 6.07) is 0. The molecule has 0 aromatic heterocycles. The fourth-order valence-electron chi connectivity index (χ4n) is 2.33. The highest BCUT2D eigenvalue weighted by atomic mass is 16.6. The largest absolute Gasteiger partial charge is 0.458 e. The Hall–Kier alpha value is -0.790. The molecule has 2 rings (SSSR count). The van der Waals surface area contributed by atoms with E-state index in [4.69, 9.17) is 4.74 Å². The molecule has 0 bridgehead atoms. The van der Waals surface area contributed by atoms with Gasteiger partial charge in [-0.3, -0.25) is 0 Å². The summed E-state index contributed by atoms with van der Waals surface area (Å²) in [5.41, 5.74) is 0.517. The molecule has 0 aliphatic heterocycles. The van der Waals surface area contributed by atoms with Crippen molar-refractivity contribution in [3.8, 4) is 0 Å². The first-order valence-electron chi connectivity index (χ1n) is 5.06. The molecule has 0 saturated heterocycles. The van der Waals surface area contributed by atoms with Crippen LogP contribution in [-0.2, 0) is 9.53 Å². The number of hydrogen-bond acceptors (Lipinski definition) is 2. The molecule has 72 valence electrons. The Kier molecular flexibility index (Phi) is 2.14. The van der Waals surface area contributed by atoms with Crippen LogP contribution in [-0.4, -0.2) is 12.1 Å². The van der Waals surface area contributed by atoms with E-state index in [9.17, 15) is 4.79 Å². The van der Waals surface area contributed by atoms with Crippen LogP contribution in [0, 0.1) is 11.8 Å². The summed E-state index contributed by atoms with van der Waals surface area (Å²) in [6.07, 6.45) is 5.34. The zero-order chi connectivity index (χ0) is 9.42. The molecule has 0 N–H and O–H groups in total. The maximum absolute atomic E-state index is 11.2. The average molecular weight is 180 g/mol. The van der Waals surface area contributed by atoms with Crippen LogP contribution >= 0.6 is 0 Å². The van der Waals surface area contributed by atoms with Crippen molar-refractivity contribution in [2.75, 3.05) is 0 Å². The molecule has 2 aliphatic carbocycles. The molecule has 2 unspecified atom stereocenters. The molecule has 0 heterocycles. The Morgan fingerprint density at radius 3 is 2.31 bits per heavy atom. The first-order chi connectivity index (χ1) is 6.20. The van der Waals surface area contributed by atoms with Gasteiger partial charge in [-0.2, -0.15) is 0 Å². The third-order valence-corrected chi connectivity index (χ3v) is 3.17. The molecule has 2 nitrogen and oxygen atoms in total. The Morgan fingerprint density at radius 1 is 1.31 bits per heavy atom. The molecular formula is C11H16O2. The molecule has 2 saturated carbocycles. The highest BCUT2D eigenvalue weighted by molar-refractivity contribution is 5.87. The molecule has 0 radical (unpaired) electrons. The van der Waals surface area contributed by atoms with Gasteiger partial charge in [-0.25, -0.2) is 4.79 Å². The van der Waals surface area contributed by atoms with Crippen molar-refractivity contribution in [3.63, 3.8) is 0 Å². The molecule has 0 aromatic carbocycles. The Morgan fingerprint density at radius 2 is 1.85 bits per heavy atom. The normalized spacial score (nSPS) is 36.2. The maximum Gasteiger partial charge on any atom is 0.333 e. The second kappa shape index (κ2) is 3.17. The molecule has 0 spiro atoms. The van der Waals surface area contributed by atoms with Gasteiger partial charge in [-0.05, 0) is 19.8 Å². The molecule has 2 atom stereocenters. The van der Waals surface area contributed by atoms with Gasteiger partial charge in [0.05, 0.1) is 0 Å². The van der Waals surface area contributed by atoms with Gasteiger partial charge < -0.3 is 4.74 Å². The van der Waals surface area contributed by atoms with Crippen molar-refractivity contribution in [1.82, 2.24) is 0 Å². The van der Waals surface area contributed by atoms with Crippen molar-refractivity contribution in [3.05, 3.63) is 12.2 Å². The lowest BCUT2D eigenvalue weighted by Crippen LogP contribution is -2.08. The topological polar surface area (TPSA) is 26.3 Å². The zero-order valence-corrected chi connectivity index (χ0v) is 8.08. The smallest absolute Gasteiger partial charge is 0.333 e. The van der Waals surface area contributed by atoms with E-state index in [1.165, 1.54) is 25.7 Å². The summed E-state index contributed by atoms with van der Waals surface area (Å²) in [6.45, 7) is 5.28. The van der Waals surface area contributed by atoms with Gasteiger partial charge in [0.1, 0.15) is 6.10 Å². The highest BCUT2D eigenvalue weighted by Crippen LogP contribution is 2.51. The number of esters is 1. The molecule has 2 fully saturated rings. The number of hydrogen-bond donors (Lipinski definition) is 0. The summed E-state index contributed by atoms with van der Waals surface area (Å²) >= 11 is 0. The van der Waals surface area contributed by atoms with Gasteiger partial charge in [-0.1, -0.05) is 19.4 Å². The van der Waals surface area contributed by atoms with Crippen LogP contribution in [0.4, 0.5) is 0 Å². The fourth-order valence-corrected chi connectivity index (χ4v) is 2.33. The molecule has 13 heavy (non-hydrogen) atoms. The van der Waals surface area contributed by atoms with Gasteiger partial charge in [0.15, 0.2) is 0 Å². The van der Waals surface area contributed by atoms with E-state index < -0.39 is 0 Å². The predicted octanol–water partition coefficient (Wildman–Crippen LogP) is 2.29. The number of carbonyl (C=O) groups is 1. The minimum atomic E-state index is -0.209. The minimum absolute atomic E-state index is 0.209. The van der Waals surface area contributed by atoms with E-state index in [1.807, 2.05) is 0 Å². The second-order valence-corrected chi connectivity index (χ2v) is 4.26. The van der Waals surface area contributed by atoms with E-state index >= 15 is 0 Å². The highest BCUT2D eigenvalue weighted by Gasteiger charge is 2.53. The lowest BCUT2D eigenvalue weighted by Gasteiger charge is -2.03. The van der Waals surface area contributed by atoms with E-state index in [-0.39, 0.29) is 12.1 Å². The summed E-state index contributed by atoms with van der Waals surface area (Å²) in [7, 11) is 0. The van der Waals surface area contributed by atoms with Gasteiger partial charge in [-0.15, -0.1) is 0 Å². The van der Waals surface area contributed by atoms with E-state index in [2.05, 4.69) is 6.58 Å². The number of fused-ring (bicyclic) bond motifs is 1. The SMILES string of the molecule is C=C(C)C(=O)OC1C2CCCCC21. The van der Waals surface area contributed by atoms with Gasteiger partial charge in [0, 0.05) is 17.4 Å². The van der Waals surface area contributed by atoms with Crippen LogP contribution in [0.1, 0.15) is 32.6 Å². The second-order valence-electron chi connectivity index (χ2n) is 4.26. The first kappa shape index (κ1) is 8.79. The predicted molar refractivity (Wildman–Crippen MR) is 50.1 cm³/mol. The van der Waals surface area contributed by atoms with Gasteiger partial charge in [0.2, 0.25) is 0 Å². The van der Waals surface area contributed by atoms with Crippen LogP contribution in [0.25, 0.3) is 0 Å². The Bertz CT molecular complexity index is 232. The van der Waals surface area contributed by atoms with Crippen LogP contribution in [0.5, 0.6) is 0 Å². The fraction of sp³-hybridized carbons (Fsp3) is 0.727. The Balaban J connectivity index is 1.85. The zero-order valence-electron chi connectivity index (χ0n) is 8.08. The van der Waals surface area contributed by atoms with Gasteiger partial charge in [0.25, 0.3) is 0 Å². The average Bonchev–Trinajstić information content (AvgIpc) is 2.79. The van der Waals surface area contributed by atoms with Crippen molar-refractivity contribution in [2.24, 2.45) is 11.8 Å². The van der Waals surface area contributed by atoms with Crippen molar-refractivity contribution in [1.29, 1.82) is 0 Å². The first-order valence-corrected chi connectivity index (χ1v) is 5.06.